The van der Waals surface area contributed by atoms with Crippen molar-refractivity contribution in [2.75, 3.05) is 10.6 Å². The Morgan fingerprint density at radius 1 is 0.889 bits per heavy atom. The number of nitrogens with one attached hydrogen (secondary N) is 2. The summed E-state index contributed by atoms with van der Waals surface area (Å²) in [6.07, 6.45) is 3.80. The molecule has 0 atom stereocenters. The van der Waals surface area contributed by atoms with Gasteiger partial charge in [0.2, 0.25) is 0 Å². The minimum absolute atomic E-state index is 0.155. The van der Waals surface area contributed by atoms with Crippen molar-refractivity contribution in [2.24, 2.45) is 0 Å². The molecule has 0 aliphatic carbocycles. The standard InChI is InChI=1S/C20H14F2N4O/c21-16-8-7-15(11-17(16)22)24-20(27)23-14-5-3-4-13(10-14)18-12-26-9-2-1-6-19(26)25-18/h1-12H,(H2,23,24,27). The first-order valence-corrected chi connectivity index (χ1v) is 8.16. The van der Waals surface area contributed by atoms with Gasteiger partial charge in [0.25, 0.3) is 0 Å². The molecule has 0 saturated carbocycles. The number of imidazole rings is 1. The van der Waals surface area contributed by atoms with Crippen molar-refractivity contribution in [3.8, 4) is 11.3 Å². The lowest BCUT2D eigenvalue weighted by atomic mass is 10.1. The van der Waals surface area contributed by atoms with Crippen LogP contribution in [0.3, 0.4) is 0 Å². The highest BCUT2D eigenvalue weighted by Crippen LogP contribution is 2.23. The summed E-state index contributed by atoms with van der Waals surface area (Å²) in [7, 11) is 0. The molecule has 2 N–H and O–H groups in total. The molecule has 0 bridgehead atoms. The van der Waals surface area contributed by atoms with Crippen LogP contribution in [0.4, 0.5) is 25.0 Å². The maximum absolute atomic E-state index is 13.2. The summed E-state index contributed by atoms with van der Waals surface area (Å²) in [6, 6.07) is 15.5. The normalized spacial score (nSPS) is 10.7. The van der Waals surface area contributed by atoms with Crippen molar-refractivity contribution < 1.29 is 13.6 Å². The number of halogens is 2. The fourth-order valence-corrected chi connectivity index (χ4v) is 2.70. The van der Waals surface area contributed by atoms with Gasteiger partial charge in [-0.3, -0.25) is 0 Å². The first kappa shape index (κ1) is 16.7. The molecular weight excluding hydrogens is 350 g/mol. The Balaban J connectivity index is 1.51. The van der Waals surface area contributed by atoms with Gasteiger partial charge in [-0.15, -0.1) is 0 Å². The predicted molar refractivity (Wildman–Crippen MR) is 99.6 cm³/mol. The zero-order valence-electron chi connectivity index (χ0n) is 14.0. The van der Waals surface area contributed by atoms with E-state index < -0.39 is 17.7 Å². The highest BCUT2D eigenvalue weighted by Gasteiger charge is 2.08. The summed E-state index contributed by atoms with van der Waals surface area (Å²) in [6.45, 7) is 0. The number of hydrogen-bond acceptors (Lipinski definition) is 2. The SMILES string of the molecule is O=C(Nc1cccc(-c2cn3ccccc3n2)c1)Nc1ccc(F)c(F)c1. The second-order valence-corrected chi connectivity index (χ2v) is 5.88. The van der Waals surface area contributed by atoms with Gasteiger partial charge in [-0.1, -0.05) is 18.2 Å². The smallest absolute Gasteiger partial charge is 0.308 e. The number of nitrogens with zero attached hydrogens (tertiary/aromatic N) is 2. The highest BCUT2D eigenvalue weighted by molar-refractivity contribution is 6.00. The molecule has 0 saturated heterocycles. The lowest BCUT2D eigenvalue weighted by molar-refractivity contribution is 0.262. The number of carbonyl (C=O) groups is 1. The molecule has 4 aromatic rings. The van der Waals surface area contributed by atoms with Crippen molar-refractivity contribution in [1.29, 1.82) is 0 Å². The van der Waals surface area contributed by atoms with Crippen molar-refractivity contribution in [2.45, 2.75) is 0 Å². The van der Waals surface area contributed by atoms with E-state index in [1.54, 1.807) is 18.2 Å². The maximum Gasteiger partial charge on any atom is 0.323 e. The molecule has 27 heavy (non-hydrogen) atoms. The Kier molecular flexibility index (Phi) is 4.25. The van der Waals surface area contributed by atoms with Gasteiger partial charge in [-0.25, -0.2) is 18.6 Å². The molecule has 2 aromatic carbocycles. The quantitative estimate of drug-likeness (QED) is 0.542. The zero-order valence-corrected chi connectivity index (χ0v) is 14.0. The van der Waals surface area contributed by atoms with Crippen molar-refractivity contribution in [1.82, 2.24) is 9.38 Å². The molecule has 5 nitrogen and oxygen atoms in total. The third-order valence-electron chi connectivity index (χ3n) is 3.96. The fourth-order valence-electron chi connectivity index (χ4n) is 2.70. The van der Waals surface area contributed by atoms with Crippen LogP contribution in [0.25, 0.3) is 16.9 Å². The van der Waals surface area contributed by atoms with E-state index >= 15 is 0 Å². The van der Waals surface area contributed by atoms with Crippen LogP contribution in [-0.2, 0) is 0 Å². The molecule has 0 spiro atoms. The molecule has 0 aliphatic heterocycles. The van der Waals surface area contributed by atoms with Crippen LogP contribution in [0.1, 0.15) is 0 Å². The topological polar surface area (TPSA) is 58.4 Å². The number of anilines is 2. The van der Waals surface area contributed by atoms with Gasteiger partial charge in [0.15, 0.2) is 11.6 Å². The summed E-state index contributed by atoms with van der Waals surface area (Å²) in [4.78, 5) is 16.7. The summed E-state index contributed by atoms with van der Waals surface area (Å²) < 4.78 is 28.1. The number of amides is 2. The zero-order chi connectivity index (χ0) is 18.8. The number of rotatable bonds is 3. The number of urea groups is 1. The molecule has 7 heteroatoms. The van der Waals surface area contributed by atoms with Crippen molar-refractivity contribution >= 4 is 23.1 Å². The molecule has 0 fully saturated rings. The van der Waals surface area contributed by atoms with E-state index in [-0.39, 0.29) is 5.69 Å². The Morgan fingerprint density at radius 2 is 1.70 bits per heavy atom. The van der Waals surface area contributed by atoms with Crippen LogP contribution in [0.2, 0.25) is 0 Å². The van der Waals surface area contributed by atoms with Gasteiger partial charge in [0.05, 0.1) is 5.69 Å². The molecule has 2 amide bonds. The molecular formula is C20H14F2N4O. The van der Waals surface area contributed by atoms with Gasteiger partial charge in [-0.2, -0.15) is 0 Å². The number of carbonyl (C=O) groups excluding carboxylic acids is 1. The number of benzene rings is 2. The van der Waals surface area contributed by atoms with E-state index in [1.165, 1.54) is 6.07 Å². The second-order valence-electron chi connectivity index (χ2n) is 5.88. The van der Waals surface area contributed by atoms with E-state index in [0.29, 0.717) is 5.69 Å². The molecule has 2 aromatic heterocycles. The average Bonchev–Trinajstić information content (AvgIpc) is 3.09. The lowest BCUT2D eigenvalue weighted by Gasteiger charge is -2.09. The largest absolute Gasteiger partial charge is 0.323 e. The second kappa shape index (κ2) is 6.87. The number of aromatic nitrogens is 2. The Bertz CT molecular complexity index is 1110. The minimum atomic E-state index is -1.03. The summed E-state index contributed by atoms with van der Waals surface area (Å²) in [5.74, 6) is -2.00. The first-order valence-electron chi connectivity index (χ1n) is 8.16. The number of hydrogen-bond donors (Lipinski definition) is 2. The number of pyridine rings is 1. The molecule has 0 unspecified atom stereocenters. The van der Waals surface area contributed by atoms with Crippen LogP contribution < -0.4 is 10.6 Å². The summed E-state index contributed by atoms with van der Waals surface area (Å²) in [5, 5.41) is 5.13. The van der Waals surface area contributed by atoms with Crippen LogP contribution in [0, 0.1) is 11.6 Å². The summed E-state index contributed by atoms with van der Waals surface area (Å²) >= 11 is 0. The van der Waals surface area contributed by atoms with Crippen LogP contribution in [0.15, 0.2) is 73.1 Å². The Labute approximate surface area is 153 Å². The van der Waals surface area contributed by atoms with Crippen LogP contribution in [0.5, 0.6) is 0 Å². The third-order valence-corrected chi connectivity index (χ3v) is 3.96. The van der Waals surface area contributed by atoms with Crippen molar-refractivity contribution in [3.63, 3.8) is 0 Å². The van der Waals surface area contributed by atoms with Crippen LogP contribution in [-0.4, -0.2) is 15.4 Å². The van der Waals surface area contributed by atoms with Gasteiger partial charge >= 0.3 is 6.03 Å². The monoisotopic (exact) mass is 364 g/mol. The minimum Gasteiger partial charge on any atom is -0.308 e. The van der Waals surface area contributed by atoms with Gasteiger partial charge < -0.3 is 15.0 Å². The highest BCUT2D eigenvalue weighted by atomic mass is 19.2. The van der Waals surface area contributed by atoms with Crippen LogP contribution >= 0.6 is 0 Å². The van der Waals surface area contributed by atoms with Gasteiger partial charge in [-0.05, 0) is 36.4 Å². The Morgan fingerprint density at radius 3 is 2.48 bits per heavy atom. The Hall–Kier alpha value is -3.74. The predicted octanol–water partition coefficient (Wildman–Crippen LogP) is 4.92. The number of fused-ring (bicyclic) bond motifs is 1. The molecule has 134 valence electrons. The average molecular weight is 364 g/mol. The van der Waals surface area contributed by atoms with Crippen molar-refractivity contribution in [3.05, 3.63) is 84.7 Å². The molecule has 0 radical (unpaired) electrons. The third kappa shape index (κ3) is 3.62. The molecule has 0 aliphatic rings. The lowest BCUT2D eigenvalue weighted by Crippen LogP contribution is -2.19. The summed E-state index contributed by atoms with van der Waals surface area (Å²) in [5.41, 5.74) is 3.13. The van der Waals surface area contributed by atoms with E-state index in [9.17, 15) is 13.6 Å². The maximum atomic E-state index is 13.2. The van der Waals surface area contributed by atoms with E-state index in [4.69, 9.17) is 0 Å². The van der Waals surface area contributed by atoms with E-state index in [2.05, 4.69) is 15.6 Å². The fraction of sp³-hybridized carbons (Fsp3) is 0. The first-order chi connectivity index (χ1) is 13.1. The molecule has 2 heterocycles. The van der Waals surface area contributed by atoms with E-state index in [1.807, 2.05) is 41.1 Å². The van der Waals surface area contributed by atoms with Gasteiger partial charge in [0, 0.05) is 35.4 Å². The van der Waals surface area contributed by atoms with E-state index in [0.717, 1.165) is 29.0 Å². The van der Waals surface area contributed by atoms with Gasteiger partial charge in [0.1, 0.15) is 5.65 Å². The molecule has 4 rings (SSSR count).